The molecule has 0 amide bonds. The molecule has 2 aromatic heterocycles. The Hall–Kier alpha value is -2.38. The Labute approximate surface area is 167 Å². The zero-order valence-electron chi connectivity index (χ0n) is 15.6. The van der Waals surface area contributed by atoms with Crippen molar-refractivity contribution in [3.63, 3.8) is 0 Å². The van der Waals surface area contributed by atoms with E-state index in [9.17, 15) is 4.39 Å². The summed E-state index contributed by atoms with van der Waals surface area (Å²) in [5.74, 6) is 1.36. The van der Waals surface area contributed by atoms with Gasteiger partial charge in [0.15, 0.2) is 5.82 Å². The fourth-order valence-electron chi connectivity index (χ4n) is 3.57. The van der Waals surface area contributed by atoms with Gasteiger partial charge in [-0.05, 0) is 37.1 Å². The lowest BCUT2D eigenvalue weighted by Gasteiger charge is -2.34. The van der Waals surface area contributed by atoms with Crippen LogP contribution < -0.4 is 4.90 Å². The van der Waals surface area contributed by atoms with Crippen LogP contribution in [0.25, 0.3) is 11.3 Å². The fraction of sp³-hybridized carbons (Fsp3) is 0.381. The van der Waals surface area contributed by atoms with E-state index in [0.717, 1.165) is 50.0 Å². The molecule has 144 valence electrons. The summed E-state index contributed by atoms with van der Waals surface area (Å²) in [5, 5.41) is 12.2. The van der Waals surface area contributed by atoms with E-state index < -0.39 is 0 Å². The molecule has 3 heterocycles. The minimum absolute atomic E-state index is 0.260. The molecule has 0 spiro atoms. The van der Waals surface area contributed by atoms with E-state index >= 15 is 0 Å². The molecule has 1 aliphatic carbocycles. The molecule has 1 saturated carbocycles. The fourth-order valence-corrected chi connectivity index (χ4v) is 4.56. The summed E-state index contributed by atoms with van der Waals surface area (Å²) in [7, 11) is 0. The summed E-state index contributed by atoms with van der Waals surface area (Å²) in [5.41, 5.74) is 2.65. The summed E-state index contributed by atoms with van der Waals surface area (Å²) >= 11 is 1.82. The Morgan fingerprint density at radius 1 is 1.04 bits per heavy atom. The molecule has 0 atom stereocenters. The Morgan fingerprint density at radius 2 is 1.89 bits per heavy atom. The van der Waals surface area contributed by atoms with Gasteiger partial charge in [0.2, 0.25) is 0 Å². The van der Waals surface area contributed by atoms with Crippen molar-refractivity contribution in [2.75, 3.05) is 31.1 Å². The van der Waals surface area contributed by atoms with E-state index in [1.165, 1.54) is 35.7 Å². The van der Waals surface area contributed by atoms with Crippen LogP contribution in [0.1, 0.15) is 29.5 Å². The van der Waals surface area contributed by atoms with E-state index in [0.29, 0.717) is 5.69 Å². The topological polar surface area (TPSA) is 45.2 Å². The Morgan fingerprint density at radius 3 is 2.61 bits per heavy atom. The van der Waals surface area contributed by atoms with Gasteiger partial charge in [0.25, 0.3) is 0 Å². The summed E-state index contributed by atoms with van der Waals surface area (Å²) < 4.78 is 13.4. The number of benzene rings is 1. The number of nitrogens with zero attached hydrogens (tertiary/aromatic N) is 5. The van der Waals surface area contributed by atoms with Crippen LogP contribution in [0, 0.1) is 5.82 Å². The maximum absolute atomic E-state index is 13.4. The first-order chi connectivity index (χ1) is 13.7. The summed E-state index contributed by atoms with van der Waals surface area (Å²) in [6, 6.07) is 10.3. The third kappa shape index (κ3) is 3.91. The molecule has 0 unspecified atom stereocenters. The molecule has 7 heteroatoms. The maximum atomic E-state index is 13.4. The molecule has 1 aliphatic heterocycles. The van der Waals surface area contributed by atoms with Crippen LogP contribution >= 0.6 is 11.3 Å². The van der Waals surface area contributed by atoms with Gasteiger partial charge in [0.05, 0.1) is 16.4 Å². The third-order valence-corrected chi connectivity index (χ3v) is 6.40. The van der Waals surface area contributed by atoms with Crippen LogP contribution in [0.2, 0.25) is 0 Å². The number of hydrogen-bond donors (Lipinski definition) is 0. The van der Waals surface area contributed by atoms with Gasteiger partial charge in [-0.3, -0.25) is 4.90 Å². The standard InChI is InChI=1S/C21H22FN5S/c22-17-3-1-2-16(12-17)19-6-7-20(25-24-19)27-10-8-26(9-11-27)13-18-14-28-21(23-18)15-4-5-15/h1-3,6-7,12,14-15H,4-5,8-11,13H2. The monoisotopic (exact) mass is 395 g/mol. The Balaban J connectivity index is 1.18. The highest BCUT2D eigenvalue weighted by Crippen LogP contribution is 2.41. The second-order valence-corrected chi connectivity index (χ2v) is 8.39. The largest absolute Gasteiger partial charge is 0.353 e. The molecule has 0 N–H and O–H groups in total. The molecule has 0 radical (unpaired) electrons. The molecule has 1 aromatic carbocycles. The molecular weight excluding hydrogens is 373 g/mol. The van der Waals surface area contributed by atoms with Gasteiger partial charge in [-0.25, -0.2) is 9.37 Å². The van der Waals surface area contributed by atoms with Crippen molar-refractivity contribution in [2.24, 2.45) is 0 Å². The van der Waals surface area contributed by atoms with Crippen molar-refractivity contribution in [2.45, 2.75) is 25.3 Å². The minimum Gasteiger partial charge on any atom is -0.353 e. The first kappa shape index (κ1) is 17.7. The molecule has 1 saturated heterocycles. The lowest BCUT2D eigenvalue weighted by molar-refractivity contribution is 0.247. The van der Waals surface area contributed by atoms with E-state index in [-0.39, 0.29) is 5.82 Å². The predicted molar refractivity (Wildman–Crippen MR) is 109 cm³/mol. The van der Waals surface area contributed by atoms with Gasteiger partial charge in [-0.1, -0.05) is 12.1 Å². The number of anilines is 1. The second-order valence-electron chi connectivity index (χ2n) is 7.50. The van der Waals surface area contributed by atoms with Crippen molar-refractivity contribution in [3.8, 4) is 11.3 Å². The van der Waals surface area contributed by atoms with Gasteiger partial charge in [-0.2, -0.15) is 0 Å². The minimum atomic E-state index is -0.260. The average Bonchev–Trinajstić information content (AvgIpc) is 3.48. The van der Waals surface area contributed by atoms with Crippen LogP contribution in [0.15, 0.2) is 41.8 Å². The summed E-state index contributed by atoms with van der Waals surface area (Å²) in [6.45, 7) is 4.76. The van der Waals surface area contributed by atoms with E-state index in [2.05, 4.69) is 25.4 Å². The van der Waals surface area contributed by atoms with Crippen molar-refractivity contribution < 1.29 is 4.39 Å². The molecule has 2 fully saturated rings. The molecular formula is C21H22FN5S. The highest BCUT2D eigenvalue weighted by atomic mass is 32.1. The molecule has 0 bridgehead atoms. The molecule has 3 aromatic rings. The highest BCUT2D eigenvalue weighted by molar-refractivity contribution is 7.09. The summed E-state index contributed by atoms with van der Waals surface area (Å²) in [4.78, 5) is 9.52. The van der Waals surface area contributed by atoms with Gasteiger partial charge in [0.1, 0.15) is 5.82 Å². The van der Waals surface area contributed by atoms with Crippen LogP contribution in [-0.2, 0) is 6.54 Å². The number of aromatic nitrogens is 3. The zero-order chi connectivity index (χ0) is 18.9. The molecule has 5 rings (SSSR count). The predicted octanol–water partition coefficient (Wildman–Crippen LogP) is 3.94. The van der Waals surface area contributed by atoms with Crippen LogP contribution in [-0.4, -0.2) is 46.3 Å². The normalized spacial score (nSPS) is 17.8. The molecule has 5 nitrogen and oxygen atoms in total. The van der Waals surface area contributed by atoms with Crippen LogP contribution in [0.4, 0.5) is 10.2 Å². The van der Waals surface area contributed by atoms with Gasteiger partial charge < -0.3 is 4.90 Å². The van der Waals surface area contributed by atoms with Crippen molar-refractivity contribution in [3.05, 3.63) is 58.3 Å². The maximum Gasteiger partial charge on any atom is 0.151 e. The third-order valence-electron chi connectivity index (χ3n) is 5.35. The first-order valence-corrected chi connectivity index (χ1v) is 10.6. The second kappa shape index (κ2) is 7.56. The SMILES string of the molecule is Fc1cccc(-c2ccc(N3CCN(Cc4csc(C5CC5)n4)CC3)nn2)c1. The van der Waals surface area contributed by atoms with Crippen LogP contribution in [0.3, 0.4) is 0 Å². The van der Waals surface area contributed by atoms with Crippen molar-refractivity contribution in [1.82, 2.24) is 20.1 Å². The Kier molecular flexibility index (Phi) is 4.78. The number of thiazole rings is 1. The van der Waals surface area contributed by atoms with Crippen molar-refractivity contribution in [1.29, 1.82) is 0 Å². The lowest BCUT2D eigenvalue weighted by atomic mass is 10.1. The molecule has 2 aliphatic rings. The zero-order valence-corrected chi connectivity index (χ0v) is 16.4. The summed E-state index contributed by atoms with van der Waals surface area (Å²) in [6.07, 6.45) is 2.62. The average molecular weight is 396 g/mol. The number of halogens is 1. The smallest absolute Gasteiger partial charge is 0.151 e. The van der Waals surface area contributed by atoms with Gasteiger partial charge in [-0.15, -0.1) is 21.5 Å². The number of hydrogen-bond acceptors (Lipinski definition) is 6. The first-order valence-electron chi connectivity index (χ1n) is 9.76. The lowest BCUT2D eigenvalue weighted by Crippen LogP contribution is -2.46. The highest BCUT2D eigenvalue weighted by Gasteiger charge is 2.27. The number of piperazine rings is 1. The van der Waals surface area contributed by atoms with Gasteiger partial charge >= 0.3 is 0 Å². The Bertz CT molecular complexity index is 945. The number of rotatable bonds is 5. The van der Waals surface area contributed by atoms with Gasteiger partial charge in [0, 0.05) is 49.6 Å². The van der Waals surface area contributed by atoms with E-state index in [1.807, 2.05) is 29.5 Å². The van der Waals surface area contributed by atoms with E-state index in [4.69, 9.17) is 4.98 Å². The van der Waals surface area contributed by atoms with Crippen molar-refractivity contribution >= 4 is 17.2 Å². The molecule has 28 heavy (non-hydrogen) atoms. The van der Waals surface area contributed by atoms with E-state index in [1.54, 1.807) is 6.07 Å². The van der Waals surface area contributed by atoms with Crippen LogP contribution in [0.5, 0.6) is 0 Å². The quantitative estimate of drug-likeness (QED) is 0.655.